The third-order valence-electron chi connectivity index (χ3n) is 2.12. The van der Waals surface area contributed by atoms with Gasteiger partial charge >= 0.3 is 0 Å². The van der Waals surface area contributed by atoms with Crippen molar-refractivity contribution >= 4 is 0 Å². The summed E-state index contributed by atoms with van der Waals surface area (Å²) in [5.74, 6) is 0. The van der Waals surface area contributed by atoms with E-state index in [-0.39, 0.29) is 0 Å². The molecule has 0 bridgehead atoms. The van der Waals surface area contributed by atoms with Crippen LogP contribution in [0.3, 0.4) is 0 Å². The highest BCUT2D eigenvalue weighted by Crippen LogP contribution is 2.01. The summed E-state index contributed by atoms with van der Waals surface area (Å²) in [7, 11) is 0. The largest absolute Gasteiger partial charge is 0.295 e. The Labute approximate surface area is 81.3 Å². The monoisotopic (exact) mass is 196 g/mol. The molecule has 0 aromatic carbocycles. The maximum absolute atomic E-state index is 8.13. The van der Waals surface area contributed by atoms with Crippen molar-refractivity contribution in [2.75, 3.05) is 39.5 Å². The molecule has 1 fully saturated rings. The van der Waals surface area contributed by atoms with E-state index in [1.54, 1.807) is 0 Å². The van der Waals surface area contributed by atoms with Gasteiger partial charge in [0.25, 0.3) is 0 Å². The quantitative estimate of drug-likeness (QED) is 0.382. The highest BCUT2D eigenvalue weighted by atomic mass is 15.4. The van der Waals surface area contributed by atoms with Gasteiger partial charge in [-0.15, -0.1) is 0 Å². The van der Waals surface area contributed by atoms with Gasteiger partial charge in [0.15, 0.2) is 0 Å². The first-order chi connectivity index (χ1) is 6.86. The molecule has 1 heterocycles. The van der Waals surface area contributed by atoms with Crippen LogP contribution in [0.25, 0.3) is 20.9 Å². The van der Waals surface area contributed by atoms with Gasteiger partial charge in [0.05, 0.1) is 13.3 Å². The number of hydrogen-bond donors (Lipinski definition) is 0. The average molecular weight is 196 g/mol. The van der Waals surface area contributed by atoms with Crippen LogP contribution in [-0.4, -0.2) is 49.3 Å². The molecule has 1 aliphatic heterocycles. The molecule has 14 heavy (non-hydrogen) atoms. The van der Waals surface area contributed by atoms with E-state index >= 15 is 0 Å². The standard InChI is InChI=1S/C6H12N8/c7-11-9-5-13-1-2-14(4-3-13)6-10-12-8/h1-6H2. The molecule has 8 nitrogen and oxygen atoms in total. The lowest BCUT2D eigenvalue weighted by Crippen LogP contribution is -2.46. The minimum Gasteiger partial charge on any atom is -0.295 e. The summed E-state index contributed by atoms with van der Waals surface area (Å²) < 4.78 is 0. The van der Waals surface area contributed by atoms with Gasteiger partial charge in [0.2, 0.25) is 0 Å². The molecule has 1 aliphatic rings. The third-order valence-corrected chi connectivity index (χ3v) is 2.12. The molecule has 0 atom stereocenters. The number of hydrogen-bond acceptors (Lipinski definition) is 4. The Bertz CT molecular complexity index is 227. The van der Waals surface area contributed by atoms with Gasteiger partial charge in [-0.1, -0.05) is 10.2 Å². The molecule has 0 saturated carbocycles. The summed E-state index contributed by atoms with van der Waals surface area (Å²) in [5.41, 5.74) is 16.3. The topological polar surface area (TPSA) is 104 Å². The fraction of sp³-hybridized carbons (Fsp3) is 1.00. The van der Waals surface area contributed by atoms with E-state index in [9.17, 15) is 0 Å². The molecule has 8 heteroatoms. The fourth-order valence-electron chi connectivity index (χ4n) is 1.31. The molecule has 0 spiro atoms. The van der Waals surface area contributed by atoms with Crippen molar-refractivity contribution in [2.24, 2.45) is 10.2 Å². The molecule has 1 saturated heterocycles. The van der Waals surface area contributed by atoms with E-state index in [1.165, 1.54) is 0 Å². The van der Waals surface area contributed by atoms with Crippen molar-refractivity contribution in [1.82, 2.24) is 9.80 Å². The van der Waals surface area contributed by atoms with Gasteiger partial charge in [0, 0.05) is 36.0 Å². The average Bonchev–Trinajstić information content (AvgIpc) is 2.25. The smallest absolute Gasteiger partial charge is 0.0774 e. The second-order valence-electron chi connectivity index (χ2n) is 2.98. The van der Waals surface area contributed by atoms with Crippen molar-refractivity contribution < 1.29 is 0 Å². The van der Waals surface area contributed by atoms with E-state index in [0.29, 0.717) is 13.3 Å². The van der Waals surface area contributed by atoms with Crippen LogP contribution in [-0.2, 0) is 0 Å². The van der Waals surface area contributed by atoms with Gasteiger partial charge in [-0.2, -0.15) is 0 Å². The van der Waals surface area contributed by atoms with Crippen LogP contribution in [0, 0.1) is 0 Å². The molecule has 0 aromatic heterocycles. The normalized spacial score (nSPS) is 18.3. The second kappa shape index (κ2) is 6.06. The van der Waals surface area contributed by atoms with Crippen LogP contribution in [0.1, 0.15) is 0 Å². The van der Waals surface area contributed by atoms with Crippen molar-refractivity contribution in [3.63, 3.8) is 0 Å². The Hall–Kier alpha value is -1.46. The molecule has 0 aromatic rings. The lowest BCUT2D eigenvalue weighted by atomic mass is 10.3. The number of nitrogens with zero attached hydrogens (tertiary/aromatic N) is 8. The molecule has 0 radical (unpaired) electrons. The summed E-state index contributed by atoms with van der Waals surface area (Å²) in [6, 6.07) is 0. The van der Waals surface area contributed by atoms with E-state index < -0.39 is 0 Å². The minimum atomic E-state index is 0.422. The summed E-state index contributed by atoms with van der Waals surface area (Å²) >= 11 is 0. The van der Waals surface area contributed by atoms with Crippen molar-refractivity contribution in [3.05, 3.63) is 20.9 Å². The number of piperazine rings is 1. The molecule has 1 rings (SSSR count). The van der Waals surface area contributed by atoms with E-state index in [1.807, 2.05) is 0 Å². The van der Waals surface area contributed by atoms with E-state index in [4.69, 9.17) is 11.1 Å². The first-order valence-corrected chi connectivity index (χ1v) is 4.33. The van der Waals surface area contributed by atoms with Crippen molar-refractivity contribution in [2.45, 2.75) is 0 Å². The van der Waals surface area contributed by atoms with Gasteiger partial charge in [0.1, 0.15) is 0 Å². The number of azide groups is 2. The molecule has 0 unspecified atom stereocenters. The summed E-state index contributed by atoms with van der Waals surface area (Å²) in [6.45, 7) is 4.23. The van der Waals surface area contributed by atoms with Crippen LogP contribution in [0.5, 0.6) is 0 Å². The summed E-state index contributed by atoms with van der Waals surface area (Å²) in [4.78, 5) is 9.53. The second-order valence-corrected chi connectivity index (χ2v) is 2.98. The molecule has 0 N–H and O–H groups in total. The Kier molecular flexibility index (Phi) is 4.60. The summed E-state index contributed by atoms with van der Waals surface area (Å²) in [5, 5.41) is 6.98. The lowest BCUT2D eigenvalue weighted by Gasteiger charge is -2.32. The zero-order chi connectivity index (χ0) is 10.2. The highest BCUT2D eigenvalue weighted by molar-refractivity contribution is 4.70. The first-order valence-electron chi connectivity index (χ1n) is 4.33. The van der Waals surface area contributed by atoms with Gasteiger partial charge in [-0.3, -0.25) is 9.80 Å². The van der Waals surface area contributed by atoms with Crippen molar-refractivity contribution in [1.29, 1.82) is 0 Å². The first kappa shape index (κ1) is 10.6. The SMILES string of the molecule is [N-]=[N+]=NCN1CCN(CN=[N+]=[N-])CC1. The van der Waals surface area contributed by atoms with E-state index in [0.717, 1.165) is 26.2 Å². The molecular weight excluding hydrogens is 184 g/mol. The highest BCUT2D eigenvalue weighted by Gasteiger charge is 2.14. The lowest BCUT2D eigenvalue weighted by molar-refractivity contribution is 0.137. The molecule has 76 valence electrons. The van der Waals surface area contributed by atoms with Gasteiger partial charge < -0.3 is 0 Å². The van der Waals surface area contributed by atoms with Crippen LogP contribution < -0.4 is 0 Å². The maximum Gasteiger partial charge on any atom is 0.0774 e. The van der Waals surface area contributed by atoms with E-state index in [2.05, 4.69) is 29.9 Å². The fourth-order valence-corrected chi connectivity index (χ4v) is 1.31. The molecule has 0 amide bonds. The predicted molar refractivity (Wildman–Crippen MR) is 51.2 cm³/mol. The Balaban J connectivity index is 2.23. The Morgan fingerprint density at radius 3 is 1.50 bits per heavy atom. The molecule has 0 aliphatic carbocycles. The predicted octanol–water partition coefficient (Wildman–Crippen LogP) is 1.14. The third kappa shape index (κ3) is 3.51. The minimum absolute atomic E-state index is 0.422. The van der Waals surface area contributed by atoms with Crippen LogP contribution >= 0.6 is 0 Å². The van der Waals surface area contributed by atoms with Crippen LogP contribution in [0.4, 0.5) is 0 Å². The molecular formula is C6H12N8. The Morgan fingerprint density at radius 1 is 0.857 bits per heavy atom. The maximum atomic E-state index is 8.13. The van der Waals surface area contributed by atoms with Crippen molar-refractivity contribution in [3.8, 4) is 0 Å². The Morgan fingerprint density at radius 2 is 1.21 bits per heavy atom. The summed E-state index contributed by atoms with van der Waals surface area (Å²) in [6.07, 6.45) is 0. The number of rotatable bonds is 4. The van der Waals surface area contributed by atoms with Crippen LogP contribution in [0.15, 0.2) is 10.2 Å². The van der Waals surface area contributed by atoms with Crippen LogP contribution in [0.2, 0.25) is 0 Å². The zero-order valence-electron chi connectivity index (χ0n) is 7.82. The zero-order valence-corrected chi connectivity index (χ0v) is 7.82. The van der Waals surface area contributed by atoms with Gasteiger partial charge in [-0.05, 0) is 11.1 Å². The van der Waals surface area contributed by atoms with Gasteiger partial charge in [-0.25, -0.2) is 0 Å².